The third kappa shape index (κ3) is 3.73. The van der Waals surface area contributed by atoms with Gasteiger partial charge in [-0.1, -0.05) is 25.1 Å². The average molecular weight is 412 g/mol. The number of aryl methyl sites for hydroxylation is 1. The average Bonchev–Trinajstić information content (AvgIpc) is 3.44. The predicted octanol–water partition coefficient (Wildman–Crippen LogP) is 5.29. The number of para-hydroxylation sites is 1. The molecule has 0 saturated heterocycles. The number of methoxy groups -OCH3 is 1. The molecule has 0 saturated carbocycles. The molecular formula is C21H21N3O2S2. The van der Waals surface area contributed by atoms with E-state index in [1.807, 2.05) is 29.0 Å². The maximum Gasteiger partial charge on any atom is 0.258 e. The van der Waals surface area contributed by atoms with E-state index in [0.717, 1.165) is 35.1 Å². The molecule has 4 aromatic rings. The number of amides is 1. The molecule has 1 aromatic carbocycles. The van der Waals surface area contributed by atoms with Crippen molar-refractivity contribution in [3.63, 3.8) is 0 Å². The van der Waals surface area contributed by atoms with Crippen molar-refractivity contribution in [3.8, 4) is 11.3 Å². The summed E-state index contributed by atoms with van der Waals surface area (Å²) in [6.45, 7) is 3.52. The third-order valence-corrected chi connectivity index (χ3v) is 6.43. The lowest BCUT2D eigenvalue weighted by Gasteiger charge is -2.03. The Bertz CT molecular complexity index is 1110. The standard InChI is InChI=1S/C21H21N3O2S2/c1-3-15-10-14(12-27-15)20(25)23-21-22-18(13-28-21)17-11-24(8-9-26-2)19-7-5-4-6-16(17)19/h4-7,10-13H,3,8-9H2,1-2H3,(H,22,23,25). The molecule has 0 unspecified atom stereocenters. The van der Waals surface area contributed by atoms with Crippen molar-refractivity contribution in [1.82, 2.24) is 9.55 Å². The lowest BCUT2D eigenvalue weighted by molar-refractivity contribution is 0.102. The number of rotatable bonds is 7. The van der Waals surface area contributed by atoms with Crippen LogP contribution in [-0.4, -0.2) is 29.2 Å². The molecular weight excluding hydrogens is 390 g/mol. The van der Waals surface area contributed by atoms with E-state index in [2.05, 4.69) is 40.1 Å². The highest BCUT2D eigenvalue weighted by molar-refractivity contribution is 7.14. The van der Waals surface area contributed by atoms with Crippen molar-refractivity contribution in [3.05, 3.63) is 57.7 Å². The summed E-state index contributed by atoms with van der Waals surface area (Å²) < 4.78 is 7.41. The molecule has 1 N–H and O–H groups in total. The number of nitrogens with one attached hydrogen (secondary N) is 1. The number of fused-ring (bicyclic) bond motifs is 1. The summed E-state index contributed by atoms with van der Waals surface area (Å²) in [4.78, 5) is 18.3. The molecule has 3 aromatic heterocycles. The zero-order valence-electron chi connectivity index (χ0n) is 15.8. The molecule has 0 bridgehead atoms. The van der Waals surface area contributed by atoms with Crippen molar-refractivity contribution in [2.75, 3.05) is 19.0 Å². The Balaban J connectivity index is 1.59. The molecule has 0 radical (unpaired) electrons. The van der Waals surface area contributed by atoms with E-state index < -0.39 is 0 Å². The molecule has 28 heavy (non-hydrogen) atoms. The summed E-state index contributed by atoms with van der Waals surface area (Å²) in [5.41, 5.74) is 3.77. The summed E-state index contributed by atoms with van der Waals surface area (Å²) >= 11 is 3.05. The molecule has 0 aliphatic rings. The van der Waals surface area contributed by atoms with Gasteiger partial charge >= 0.3 is 0 Å². The fraction of sp³-hybridized carbons (Fsp3) is 0.238. The normalized spacial score (nSPS) is 11.2. The molecule has 0 spiro atoms. The van der Waals surface area contributed by atoms with E-state index in [9.17, 15) is 4.79 Å². The zero-order chi connectivity index (χ0) is 19.5. The summed E-state index contributed by atoms with van der Waals surface area (Å²) in [6.07, 6.45) is 3.04. The number of ether oxygens (including phenoxy) is 1. The van der Waals surface area contributed by atoms with Crippen LogP contribution < -0.4 is 5.32 Å². The summed E-state index contributed by atoms with van der Waals surface area (Å²) in [6, 6.07) is 10.2. The van der Waals surface area contributed by atoms with Gasteiger partial charge < -0.3 is 9.30 Å². The third-order valence-electron chi connectivity index (χ3n) is 4.59. The van der Waals surface area contributed by atoms with Crippen molar-refractivity contribution in [2.24, 2.45) is 0 Å². The molecule has 144 valence electrons. The zero-order valence-corrected chi connectivity index (χ0v) is 17.4. The van der Waals surface area contributed by atoms with E-state index in [1.165, 1.54) is 16.2 Å². The van der Waals surface area contributed by atoms with Gasteiger partial charge in [0, 0.05) is 52.0 Å². The van der Waals surface area contributed by atoms with E-state index in [1.54, 1.807) is 18.4 Å². The van der Waals surface area contributed by atoms with Gasteiger partial charge in [-0.2, -0.15) is 0 Å². The second-order valence-electron chi connectivity index (χ2n) is 6.39. The van der Waals surface area contributed by atoms with Crippen LogP contribution in [0.25, 0.3) is 22.2 Å². The van der Waals surface area contributed by atoms with Crippen LogP contribution in [0.4, 0.5) is 5.13 Å². The highest BCUT2D eigenvalue weighted by Gasteiger charge is 2.15. The quantitative estimate of drug-likeness (QED) is 0.450. The van der Waals surface area contributed by atoms with Gasteiger partial charge in [0.2, 0.25) is 0 Å². The van der Waals surface area contributed by atoms with Gasteiger partial charge in [0.25, 0.3) is 5.91 Å². The fourth-order valence-electron chi connectivity index (χ4n) is 3.13. The van der Waals surface area contributed by atoms with Gasteiger partial charge in [0.05, 0.1) is 17.9 Å². The summed E-state index contributed by atoms with van der Waals surface area (Å²) in [5.74, 6) is -0.112. The Morgan fingerprint density at radius 1 is 1.25 bits per heavy atom. The molecule has 1 amide bonds. The van der Waals surface area contributed by atoms with E-state index in [0.29, 0.717) is 17.3 Å². The largest absolute Gasteiger partial charge is 0.383 e. The molecule has 0 aliphatic carbocycles. The van der Waals surface area contributed by atoms with Crippen LogP contribution in [-0.2, 0) is 17.7 Å². The first-order valence-electron chi connectivity index (χ1n) is 9.11. The molecule has 5 nitrogen and oxygen atoms in total. The smallest absolute Gasteiger partial charge is 0.258 e. The van der Waals surface area contributed by atoms with Crippen molar-refractivity contribution < 1.29 is 9.53 Å². The number of benzene rings is 1. The number of hydrogen-bond acceptors (Lipinski definition) is 5. The lowest BCUT2D eigenvalue weighted by Crippen LogP contribution is -2.10. The SMILES string of the molecule is CCc1cc(C(=O)Nc2nc(-c3cn(CCOC)c4ccccc34)cs2)cs1. The molecule has 7 heteroatoms. The molecule has 0 fully saturated rings. The van der Waals surface area contributed by atoms with Crippen LogP contribution in [0.2, 0.25) is 0 Å². The highest BCUT2D eigenvalue weighted by atomic mass is 32.1. The highest BCUT2D eigenvalue weighted by Crippen LogP contribution is 2.33. The van der Waals surface area contributed by atoms with Crippen LogP contribution in [0, 0.1) is 0 Å². The summed E-state index contributed by atoms with van der Waals surface area (Å²) in [5, 5.41) is 8.56. The van der Waals surface area contributed by atoms with Gasteiger partial charge in [-0.15, -0.1) is 22.7 Å². The number of carbonyl (C=O) groups excluding carboxylic acids is 1. The monoisotopic (exact) mass is 411 g/mol. The topological polar surface area (TPSA) is 56.2 Å². The second-order valence-corrected chi connectivity index (χ2v) is 8.25. The Labute approximate surface area is 171 Å². The molecule has 0 aliphatic heterocycles. The van der Waals surface area contributed by atoms with Gasteiger partial charge in [-0.25, -0.2) is 4.98 Å². The van der Waals surface area contributed by atoms with Crippen LogP contribution in [0.1, 0.15) is 22.2 Å². The van der Waals surface area contributed by atoms with Crippen LogP contribution >= 0.6 is 22.7 Å². The number of hydrogen-bond donors (Lipinski definition) is 1. The maximum atomic E-state index is 12.5. The van der Waals surface area contributed by atoms with Crippen molar-refractivity contribution in [1.29, 1.82) is 0 Å². The van der Waals surface area contributed by atoms with E-state index in [4.69, 9.17) is 4.74 Å². The van der Waals surface area contributed by atoms with Crippen LogP contribution in [0.3, 0.4) is 0 Å². The molecule has 4 rings (SSSR count). The second kappa shape index (κ2) is 8.26. The van der Waals surface area contributed by atoms with Gasteiger partial charge in [-0.3, -0.25) is 10.1 Å². The first kappa shape index (κ1) is 18.9. The first-order valence-corrected chi connectivity index (χ1v) is 10.9. The number of thiophene rings is 1. The Morgan fingerprint density at radius 3 is 2.89 bits per heavy atom. The van der Waals surface area contributed by atoms with Crippen molar-refractivity contribution >= 4 is 44.6 Å². The predicted molar refractivity (Wildman–Crippen MR) is 117 cm³/mol. The number of aromatic nitrogens is 2. The Hall–Kier alpha value is -2.48. The van der Waals surface area contributed by atoms with Gasteiger partial charge in [0.1, 0.15) is 0 Å². The van der Waals surface area contributed by atoms with Crippen molar-refractivity contribution in [2.45, 2.75) is 19.9 Å². The number of anilines is 1. The minimum atomic E-state index is -0.112. The Morgan fingerprint density at radius 2 is 2.11 bits per heavy atom. The van der Waals surface area contributed by atoms with E-state index >= 15 is 0 Å². The van der Waals surface area contributed by atoms with Gasteiger partial charge in [-0.05, 0) is 18.6 Å². The Kier molecular flexibility index (Phi) is 5.57. The lowest BCUT2D eigenvalue weighted by atomic mass is 10.1. The molecule has 3 heterocycles. The minimum absolute atomic E-state index is 0.112. The van der Waals surface area contributed by atoms with Gasteiger partial charge in [0.15, 0.2) is 5.13 Å². The number of nitrogens with zero attached hydrogens (tertiary/aromatic N) is 2. The first-order chi connectivity index (χ1) is 13.7. The van der Waals surface area contributed by atoms with Crippen LogP contribution in [0.5, 0.6) is 0 Å². The number of thiazole rings is 1. The number of carbonyl (C=O) groups is 1. The molecule has 0 atom stereocenters. The maximum absolute atomic E-state index is 12.5. The minimum Gasteiger partial charge on any atom is -0.383 e. The summed E-state index contributed by atoms with van der Waals surface area (Å²) in [7, 11) is 1.71. The van der Waals surface area contributed by atoms with Crippen LogP contribution in [0.15, 0.2) is 47.3 Å². The fourth-order valence-corrected chi connectivity index (χ4v) is 4.66. The van der Waals surface area contributed by atoms with E-state index in [-0.39, 0.29) is 5.91 Å².